The van der Waals surface area contributed by atoms with E-state index >= 15 is 0 Å². The Balaban J connectivity index is 1.20. The highest BCUT2D eigenvalue weighted by atomic mass is 32.1. The van der Waals surface area contributed by atoms with E-state index in [9.17, 15) is 4.79 Å². The first-order valence-corrected chi connectivity index (χ1v) is 28.0. The van der Waals surface area contributed by atoms with Crippen molar-refractivity contribution in [3.8, 4) is 42.4 Å². The molecule has 0 saturated carbocycles. The summed E-state index contributed by atoms with van der Waals surface area (Å²) in [4.78, 5) is 29.6. The molecule has 0 fully saturated rings. The van der Waals surface area contributed by atoms with Gasteiger partial charge in [-0.15, -0.1) is 22.7 Å². The Morgan fingerprint density at radius 1 is 0.508 bits per heavy atom. The van der Waals surface area contributed by atoms with Crippen LogP contribution in [0.3, 0.4) is 0 Å². The van der Waals surface area contributed by atoms with Gasteiger partial charge in [-0.2, -0.15) is 4.98 Å². The number of nitrogens with zero attached hydrogens (tertiary/aromatic N) is 3. The van der Waals surface area contributed by atoms with E-state index in [0.717, 1.165) is 66.6 Å². The quantitative estimate of drug-likeness (QED) is 0.0382. The lowest BCUT2D eigenvalue weighted by atomic mass is 10.1. The molecule has 0 unspecified atom stereocenters. The highest BCUT2D eigenvalue weighted by Crippen LogP contribution is 2.42. The molecule has 0 spiro atoms. The molecule has 5 rings (SSSR count). The van der Waals surface area contributed by atoms with E-state index in [-0.39, 0.29) is 11.5 Å². The van der Waals surface area contributed by atoms with Crippen molar-refractivity contribution in [1.29, 1.82) is 0 Å². The molecule has 0 bridgehead atoms. The van der Waals surface area contributed by atoms with E-state index in [2.05, 4.69) is 77.8 Å². The number of rotatable bonds is 38. The van der Waals surface area contributed by atoms with Gasteiger partial charge in [0.1, 0.15) is 0 Å². The number of nitrogens with one attached hydrogen (secondary N) is 1. The van der Waals surface area contributed by atoms with Gasteiger partial charge < -0.3 is 19.8 Å². The molecule has 0 radical (unpaired) electrons. The average Bonchev–Trinajstić information content (AvgIpc) is 4.08. The number of aromatic nitrogens is 4. The Labute approximate surface area is 401 Å². The summed E-state index contributed by atoms with van der Waals surface area (Å²) in [5, 5.41) is 0. The zero-order valence-electron chi connectivity index (χ0n) is 40.8. The summed E-state index contributed by atoms with van der Waals surface area (Å²) >= 11 is 3.50. The summed E-state index contributed by atoms with van der Waals surface area (Å²) in [5.74, 6) is 2.61. The Morgan fingerprint density at radius 3 is 1.46 bits per heavy atom. The fraction of sp³-hybridized carbons (Fsp3) is 0.655. The number of nitrogen functional groups attached to an aromatic ring is 1. The van der Waals surface area contributed by atoms with Crippen LogP contribution < -0.4 is 20.8 Å². The third kappa shape index (κ3) is 18.5. The van der Waals surface area contributed by atoms with Crippen molar-refractivity contribution in [3.05, 3.63) is 52.8 Å². The molecule has 0 aliphatic rings. The van der Waals surface area contributed by atoms with E-state index in [1.165, 1.54) is 182 Å². The summed E-state index contributed by atoms with van der Waals surface area (Å²) in [6.07, 6.45) is 38.8. The monoisotopic (exact) mass is 928 g/mol. The summed E-state index contributed by atoms with van der Waals surface area (Å²) < 4.78 is 15.0. The summed E-state index contributed by atoms with van der Waals surface area (Å²) in [5.41, 5.74) is 7.80. The maximum atomic E-state index is 13.0. The van der Waals surface area contributed by atoms with Gasteiger partial charge in [-0.3, -0.25) is 9.78 Å². The number of hydrogen-bond donors (Lipinski definition) is 2. The van der Waals surface area contributed by atoms with Gasteiger partial charge in [0.05, 0.1) is 18.1 Å². The number of unbranched alkanes of at least 4 members (excludes halogenated alkanes) is 27. The van der Waals surface area contributed by atoms with E-state index in [4.69, 9.17) is 20.2 Å². The van der Waals surface area contributed by atoms with Crippen LogP contribution in [0.4, 0.5) is 5.95 Å². The van der Waals surface area contributed by atoms with Gasteiger partial charge in [0.25, 0.3) is 5.56 Å². The van der Waals surface area contributed by atoms with Crippen molar-refractivity contribution in [1.82, 2.24) is 19.5 Å². The first-order valence-electron chi connectivity index (χ1n) is 26.4. The summed E-state index contributed by atoms with van der Waals surface area (Å²) in [7, 11) is 0. The zero-order chi connectivity index (χ0) is 45.7. The minimum Gasteiger partial charge on any atom is -0.490 e. The van der Waals surface area contributed by atoms with Crippen LogP contribution in [0.1, 0.15) is 213 Å². The number of aromatic amines is 1. The zero-order valence-corrected chi connectivity index (χ0v) is 42.5. The van der Waals surface area contributed by atoms with Gasteiger partial charge in [-0.1, -0.05) is 194 Å². The predicted molar refractivity (Wildman–Crippen MR) is 281 cm³/mol. The third-order valence-electron chi connectivity index (χ3n) is 12.8. The molecule has 5 aromatic rings. The highest BCUT2D eigenvalue weighted by molar-refractivity contribution is 7.25. The molecule has 65 heavy (non-hydrogen) atoms. The minimum atomic E-state index is -0.294. The van der Waals surface area contributed by atoms with Crippen LogP contribution in [0, 0.1) is 0 Å². The molecule has 0 aliphatic carbocycles. The second kappa shape index (κ2) is 31.4. The largest absolute Gasteiger partial charge is 0.490 e. The molecular weight excluding hydrogens is 843 g/mol. The van der Waals surface area contributed by atoms with E-state index in [1.54, 1.807) is 22.7 Å². The number of imidazole rings is 1. The lowest BCUT2D eigenvalue weighted by Crippen LogP contribution is -2.12. The summed E-state index contributed by atoms with van der Waals surface area (Å²) in [6, 6.07) is 15.2. The van der Waals surface area contributed by atoms with E-state index < -0.39 is 0 Å². The Hall–Kier alpha value is -3.63. The number of aryl methyl sites for hydroxylation is 1. The minimum absolute atomic E-state index is 0.122. The van der Waals surface area contributed by atoms with Gasteiger partial charge in [0.2, 0.25) is 5.95 Å². The predicted octanol–water partition coefficient (Wildman–Crippen LogP) is 17.3. The lowest BCUT2D eigenvalue weighted by molar-refractivity contribution is 0.258. The van der Waals surface area contributed by atoms with Crippen molar-refractivity contribution in [3.63, 3.8) is 0 Å². The molecule has 360 valence electrons. The van der Waals surface area contributed by atoms with Crippen molar-refractivity contribution < 1.29 is 9.47 Å². The van der Waals surface area contributed by atoms with Gasteiger partial charge >= 0.3 is 0 Å². The topological polar surface area (TPSA) is 108 Å². The molecule has 0 atom stereocenters. The van der Waals surface area contributed by atoms with Crippen molar-refractivity contribution in [2.75, 3.05) is 18.9 Å². The van der Waals surface area contributed by atoms with Crippen LogP contribution in [0.15, 0.2) is 47.3 Å². The van der Waals surface area contributed by atoms with Crippen LogP contribution in [0.2, 0.25) is 0 Å². The molecule has 0 saturated heterocycles. The molecule has 4 aromatic heterocycles. The van der Waals surface area contributed by atoms with Crippen LogP contribution >= 0.6 is 22.7 Å². The number of anilines is 1. The smallest absolute Gasteiger partial charge is 0.280 e. The Bertz CT molecular complexity index is 2080. The number of benzene rings is 1. The van der Waals surface area contributed by atoms with Gasteiger partial charge in [0, 0.05) is 21.2 Å². The first kappa shape index (κ1) is 52.3. The lowest BCUT2D eigenvalue weighted by Gasteiger charge is -2.14. The first-order chi connectivity index (χ1) is 32.0. The maximum Gasteiger partial charge on any atom is 0.280 e. The van der Waals surface area contributed by atoms with Crippen molar-refractivity contribution in [2.24, 2.45) is 0 Å². The number of H-pyrrole nitrogens is 1. The van der Waals surface area contributed by atoms with Crippen LogP contribution in [-0.4, -0.2) is 32.7 Å². The van der Waals surface area contributed by atoms with Crippen LogP contribution in [0.5, 0.6) is 11.5 Å². The SMILES string of the molecule is CCCCCCCCCCCCOc1ccc(-c2ccc(-c3ccc(-c4nc5c(=O)[nH]c(N)nc5n4CCCCCCCCCCCC)s3)s2)cc1OCCCCCCCCCCCC. The molecule has 0 amide bonds. The Kier molecular flexibility index (Phi) is 25.3. The number of nitrogens with two attached hydrogens (primary N) is 1. The molecule has 4 heterocycles. The molecule has 0 aliphatic heterocycles. The van der Waals surface area contributed by atoms with Crippen molar-refractivity contribution >= 4 is 39.8 Å². The van der Waals surface area contributed by atoms with E-state index in [0.29, 0.717) is 17.8 Å². The van der Waals surface area contributed by atoms with Crippen LogP contribution in [0.25, 0.3) is 42.1 Å². The second-order valence-corrected chi connectivity index (χ2v) is 20.6. The molecule has 3 N–H and O–H groups in total. The summed E-state index contributed by atoms with van der Waals surface area (Å²) in [6.45, 7) is 9.02. The maximum absolute atomic E-state index is 13.0. The third-order valence-corrected chi connectivity index (χ3v) is 15.2. The fourth-order valence-electron chi connectivity index (χ4n) is 8.84. The number of fused-ring (bicyclic) bond motifs is 1. The molecule has 8 nitrogen and oxygen atoms in total. The normalized spacial score (nSPS) is 11.6. The second-order valence-electron chi connectivity index (χ2n) is 18.4. The van der Waals surface area contributed by atoms with Gasteiger partial charge in [-0.05, 0) is 67.3 Å². The van der Waals surface area contributed by atoms with Crippen LogP contribution in [-0.2, 0) is 6.54 Å². The highest BCUT2D eigenvalue weighted by Gasteiger charge is 2.20. The molecule has 1 aromatic carbocycles. The number of thiophene rings is 2. The standard InChI is InChI=1S/C55H85N5O3S2/c1-4-7-10-13-16-19-22-25-28-31-40-60-52(57-51-53(60)58-55(56)59-54(51)61)50-39-38-49(65-50)48-37-36-47(64-48)44-34-35-45(62-41-32-29-26-23-20-17-14-11-8-5-2)46(43-44)63-42-33-30-27-24-21-18-15-12-9-6-3/h34-39,43H,4-33,40-42H2,1-3H3,(H3,56,58,59,61). The van der Waals surface area contributed by atoms with Gasteiger partial charge in [0.15, 0.2) is 28.5 Å². The van der Waals surface area contributed by atoms with E-state index in [1.807, 2.05) is 0 Å². The Morgan fingerprint density at radius 2 is 0.938 bits per heavy atom. The molecular formula is C55H85N5O3S2. The number of ether oxygens (including phenoxy) is 2. The number of hydrogen-bond acceptors (Lipinski definition) is 8. The average molecular weight is 928 g/mol. The van der Waals surface area contributed by atoms with Crippen molar-refractivity contribution in [2.45, 2.75) is 220 Å². The fourth-order valence-corrected chi connectivity index (χ4v) is 10.9. The molecule has 10 heteroatoms. The van der Waals surface area contributed by atoms with Gasteiger partial charge in [-0.25, -0.2) is 4.98 Å².